The molecule has 1 aliphatic rings. The summed E-state index contributed by atoms with van der Waals surface area (Å²) in [5.74, 6) is 0.467. The number of sulfonamides is 1. The Morgan fingerprint density at radius 2 is 2.04 bits per heavy atom. The van der Waals surface area contributed by atoms with E-state index in [-0.39, 0.29) is 10.8 Å². The van der Waals surface area contributed by atoms with Gasteiger partial charge < -0.3 is 5.32 Å². The average Bonchev–Trinajstić information content (AvgIpc) is 3.02. The summed E-state index contributed by atoms with van der Waals surface area (Å²) in [6, 6.07) is 4.89. The number of nitrogens with one attached hydrogen (secondary N) is 1. The van der Waals surface area contributed by atoms with Crippen molar-refractivity contribution in [1.29, 1.82) is 0 Å². The van der Waals surface area contributed by atoms with Crippen molar-refractivity contribution in [2.45, 2.75) is 50.3 Å². The third-order valence-corrected chi connectivity index (χ3v) is 7.82. The lowest BCUT2D eigenvalue weighted by Gasteiger charge is -2.20. The van der Waals surface area contributed by atoms with Crippen molar-refractivity contribution < 1.29 is 13.2 Å². The number of aromatic nitrogens is 1. The van der Waals surface area contributed by atoms with E-state index in [0.29, 0.717) is 29.5 Å². The maximum absolute atomic E-state index is 12.5. The summed E-state index contributed by atoms with van der Waals surface area (Å²) in [7, 11) is -1.93. The number of hydrogen-bond acceptors (Lipinski definition) is 5. The Kier molecular flexibility index (Phi) is 5.94. The molecule has 1 saturated carbocycles. The zero-order valence-corrected chi connectivity index (χ0v) is 16.8. The number of carbonyl (C=O) groups is 1. The molecule has 1 aromatic heterocycles. The summed E-state index contributed by atoms with van der Waals surface area (Å²) in [5, 5.41) is 3.41. The number of hydrogen-bond donors (Lipinski definition) is 1. The molecule has 1 heterocycles. The van der Waals surface area contributed by atoms with Crippen LogP contribution in [0, 0.1) is 5.92 Å². The van der Waals surface area contributed by atoms with Crippen molar-refractivity contribution in [3.63, 3.8) is 0 Å². The van der Waals surface area contributed by atoms with E-state index in [0.717, 1.165) is 17.5 Å². The molecular formula is C18H25N3O3S2. The summed E-state index contributed by atoms with van der Waals surface area (Å²) < 4.78 is 27.0. The highest BCUT2D eigenvalue weighted by molar-refractivity contribution is 7.89. The van der Waals surface area contributed by atoms with E-state index in [1.807, 2.05) is 0 Å². The molecule has 1 fully saturated rings. The van der Waals surface area contributed by atoms with Crippen LogP contribution < -0.4 is 5.32 Å². The van der Waals surface area contributed by atoms with Crippen molar-refractivity contribution in [2.75, 3.05) is 18.9 Å². The van der Waals surface area contributed by atoms with Gasteiger partial charge in [-0.05, 0) is 37.0 Å². The van der Waals surface area contributed by atoms with Crippen LogP contribution in [0.3, 0.4) is 0 Å². The van der Waals surface area contributed by atoms with Gasteiger partial charge in [-0.3, -0.25) is 4.79 Å². The molecule has 0 spiro atoms. The van der Waals surface area contributed by atoms with E-state index >= 15 is 0 Å². The molecule has 26 heavy (non-hydrogen) atoms. The fourth-order valence-corrected chi connectivity index (χ4v) is 5.50. The molecule has 1 aromatic carbocycles. The average molecular weight is 396 g/mol. The molecule has 142 valence electrons. The van der Waals surface area contributed by atoms with Crippen molar-refractivity contribution in [2.24, 2.45) is 5.92 Å². The molecule has 3 rings (SSSR count). The van der Waals surface area contributed by atoms with Gasteiger partial charge in [0, 0.05) is 20.0 Å². The molecule has 0 atom stereocenters. The molecule has 1 N–H and O–H groups in total. The number of benzene rings is 1. The van der Waals surface area contributed by atoms with Crippen molar-refractivity contribution in [3.05, 3.63) is 18.2 Å². The van der Waals surface area contributed by atoms with Crippen LogP contribution >= 0.6 is 11.3 Å². The first-order chi connectivity index (χ1) is 12.4. The molecule has 1 aliphatic carbocycles. The standard InChI is InChI=1S/C18H25N3O3S2/c1-3-21(2)26(23,24)14-9-10-15-16(12-14)25-18(19-15)20-17(22)11-13-7-5-4-6-8-13/h9-10,12-13H,3-8,11H2,1-2H3,(H,19,20,22). The largest absolute Gasteiger partial charge is 0.302 e. The predicted molar refractivity (Wildman–Crippen MR) is 105 cm³/mol. The minimum Gasteiger partial charge on any atom is -0.302 e. The molecule has 0 saturated heterocycles. The normalized spacial score (nSPS) is 16.3. The van der Waals surface area contributed by atoms with E-state index in [2.05, 4.69) is 10.3 Å². The van der Waals surface area contributed by atoms with Gasteiger partial charge in [-0.1, -0.05) is 37.5 Å². The number of fused-ring (bicyclic) bond motifs is 1. The molecular weight excluding hydrogens is 370 g/mol. The van der Waals surface area contributed by atoms with E-state index in [1.54, 1.807) is 32.2 Å². The molecule has 2 aromatic rings. The van der Waals surface area contributed by atoms with E-state index < -0.39 is 10.0 Å². The van der Waals surface area contributed by atoms with Gasteiger partial charge in [0.05, 0.1) is 15.1 Å². The maximum Gasteiger partial charge on any atom is 0.242 e. The third kappa shape index (κ3) is 4.24. The quantitative estimate of drug-likeness (QED) is 0.806. The monoisotopic (exact) mass is 395 g/mol. The highest BCUT2D eigenvalue weighted by Gasteiger charge is 2.21. The summed E-state index contributed by atoms with van der Waals surface area (Å²) in [6.07, 6.45) is 6.48. The Morgan fingerprint density at radius 3 is 2.73 bits per heavy atom. The highest BCUT2D eigenvalue weighted by atomic mass is 32.2. The van der Waals surface area contributed by atoms with Gasteiger partial charge in [0.25, 0.3) is 0 Å². The Hall–Kier alpha value is -1.51. The fourth-order valence-electron chi connectivity index (χ4n) is 3.29. The lowest BCUT2D eigenvalue weighted by Crippen LogP contribution is -2.26. The molecule has 1 amide bonds. The summed E-state index contributed by atoms with van der Waals surface area (Å²) >= 11 is 1.31. The number of rotatable bonds is 6. The molecule has 0 unspecified atom stereocenters. The van der Waals surface area contributed by atoms with Crippen LogP contribution in [0.4, 0.5) is 5.13 Å². The second-order valence-corrected chi connectivity index (χ2v) is 9.90. The van der Waals surface area contributed by atoms with Crippen molar-refractivity contribution in [1.82, 2.24) is 9.29 Å². The Balaban J connectivity index is 1.74. The van der Waals surface area contributed by atoms with Gasteiger partial charge in [0.2, 0.25) is 15.9 Å². The fraction of sp³-hybridized carbons (Fsp3) is 0.556. The summed E-state index contributed by atoms with van der Waals surface area (Å²) in [5.41, 5.74) is 0.695. The zero-order chi connectivity index (χ0) is 18.7. The second-order valence-electron chi connectivity index (χ2n) is 6.82. The first-order valence-electron chi connectivity index (χ1n) is 9.07. The summed E-state index contributed by atoms with van der Waals surface area (Å²) in [6.45, 7) is 2.20. The second kappa shape index (κ2) is 8.02. The van der Waals surface area contributed by atoms with E-state index in [1.165, 1.54) is 34.9 Å². The van der Waals surface area contributed by atoms with Crippen molar-refractivity contribution >= 4 is 42.6 Å². The van der Waals surface area contributed by atoms with Crippen LogP contribution in [0.25, 0.3) is 10.2 Å². The van der Waals surface area contributed by atoms with Gasteiger partial charge in [0.15, 0.2) is 5.13 Å². The third-order valence-electron chi connectivity index (χ3n) is 4.96. The minimum atomic E-state index is -3.49. The number of nitrogens with zero attached hydrogens (tertiary/aromatic N) is 2. The van der Waals surface area contributed by atoms with E-state index in [4.69, 9.17) is 0 Å². The first-order valence-corrected chi connectivity index (χ1v) is 11.3. The smallest absolute Gasteiger partial charge is 0.242 e. The van der Waals surface area contributed by atoms with Crippen LogP contribution in [0.15, 0.2) is 23.1 Å². The lowest BCUT2D eigenvalue weighted by atomic mass is 9.87. The highest BCUT2D eigenvalue weighted by Crippen LogP contribution is 2.30. The van der Waals surface area contributed by atoms with Gasteiger partial charge in [-0.25, -0.2) is 17.7 Å². The molecule has 6 nitrogen and oxygen atoms in total. The van der Waals surface area contributed by atoms with E-state index in [9.17, 15) is 13.2 Å². The molecule has 0 aliphatic heterocycles. The van der Waals surface area contributed by atoms with Gasteiger partial charge in [-0.15, -0.1) is 0 Å². The Morgan fingerprint density at radius 1 is 1.31 bits per heavy atom. The molecule has 0 radical (unpaired) electrons. The number of thiazole rings is 1. The SMILES string of the molecule is CCN(C)S(=O)(=O)c1ccc2nc(NC(=O)CC3CCCCC3)sc2c1. The zero-order valence-electron chi connectivity index (χ0n) is 15.2. The Labute approximate surface area is 158 Å². The number of amides is 1. The minimum absolute atomic E-state index is 0.00508. The van der Waals surface area contributed by atoms with Crippen LogP contribution in [-0.2, 0) is 14.8 Å². The Bertz CT molecular complexity index is 886. The maximum atomic E-state index is 12.5. The topological polar surface area (TPSA) is 79.4 Å². The number of anilines is 1. The molecule has 0 bridgehead atoms. The van der Waals surface area contributed by atoms with Gasteiger partial charge in [0.1, 0.15) is 0 Å². The van der Waals surface area contributed by atoms with Gasteiger partial charge in [-0.2, -0.15) is 0 Å². The van der Waals surface area contributed by atoms with Crippen LogP contribution in [0.5, 0.6) is 0 Å². The summed E-state index contributed by atoms with van der Waals surface area (Å²) in [4.78, 5) is 16.9. The first kappa shape index (κ1) is 19.3. The number of carbonyl (C=O) groups excluding carboxylic acids is 1. The lowest BCUT2D eigenvalue weighted by molar-refractivity contribution is -0.117. The molecule has 8 heteroatoms. The van der Waals surface area contributed by atoms with Crippen LogP contribution in [0.1, 0.15) is 45.4 Å². The van der Waals surface area contributed by atoms with Crippen LogP contribution in [-0.4, -0.2) is 37.2 Å². The van der Waals surface area contributed by atoms with Crippen molar-refractivity contribution in [3.8, 4) is 0 Å². The predicted octanol–water partition coefficient (Wildman–Crippen LogP) is 3.85. The van der Waals surface area contributed by atoms with Gasteiger partial charge >= 0.3 is 0 Å². The van der Waals surface area contributed by atoms with Crippen LogP contribution in [0.2, 0.25) is 0 Å².